The van der Waals surface area contributed by atoms with E-state index in [0.717, 1.165) is 29.1 Å². The summed E-state index contributed by atoms with van der Waals surface area (Å²) in [7, 11) is 0. The molecule has 0 spiro atoms. The first-order valence-electron chi connectivity index (χ1n) is 12.3. The molecule has 2 aliphatic carbocycles. The van der Waals surface area contributed by atoms with Crippen molar-refractivity contribution in [1.29, 1.82) is 5.26 Å². The highest BCUT2D eigenvalue weighted by molar-refractivity contribution is 7.14. The maximum atomic E-state index is 13.1. The molecule has 2 aromatic rings. The van der Waals surface area contributed by atoms with E-state index < -0.39 is 6.04 Å². The van der Waals surface area contributed by atoms with Crippen molar-refractivity contribution in [3.8, 4) is 6.07 Å². The number of thiophene rings is 1. The number of nitrogens with zero attached hydrogens (tertiary/aromatic N) is 2. The summed E-state index contributed by atoms with van der Waals surface area (Å²) >= 11 is 7.50. The van der Waals surface area contributed by atoms with Gasteiger partial charge in [0.2, 0.25) is 5.91 Å². The second-order valence-corrected chi connectivity index (χ2v) is 11.3. The molecule has 35 heavy (non-hydrogen) atoms. The van der Waals surface area contributed by atoms with Crippen molar-refractivity contribution in [2.75, 3.05) is 5.32 Å². The van der Waals surface area contributed by atoms with E-state index in [2.05, 4.69) is 27.0 Å². The second-order valence-electron chi connectivity index (χ2n) is 9.77. The summed E-state index contributed by atoms with van der Waals surface area (Å²) in [6.45, 7) is 3.94. The van der Waals surface area contributed by atoms with E-state index in [9.17, 15) is 9.59 Å². The van der Waals surface area contributed by atoms with Crippen LogP contribution in [0.15, 0.2) is 24.4 Å². The van der Waals surface area contributed by atoms with Gasteiger partial charge in [0.25, 0.3) is 5.91 Å². The van der Waals surface area contributed by atoms with Crippen molar-refractivity contribution < 1.29 is 9.59 Å². The number of carbonyl (C=O) groups is 2. The van der Waals surface area contributed by atoms with Gasteiger partial charge in [-0.05, 0) is 57.2 Å². The van der Waals surface area contributed by atoms with Crippen LogP contribution in [-0.2, 0) is 4.79 Å². The molecule has 2 atom stereocenters. The van der Waals surface area contributed by atoms with E-state index in [1.807, 2.05) is 32.0 Å². The summed E-state index contributed by atoms with van der Waals surface area (Å²) in [6, 6.07) is 7.26. The highest BCUT2D eigenvalue weighted by atomic mass is 35.5. The van der Waals surface area contributed by atoms with Gasteiger partial charge in [0.15, 0.2) is 0 Å². The number of anilines is 1. The van der Waals surface area contributed by atoms with Crippen LogP contribution in [0.25, 0.3) is 0 Å². The Morgan fingerprint density at radius 1 is 1.29 bits per heavy atom. The molecule has 7 nitrogen and oxygen atoms in total. The molecule has 9 heteroatoms. The number of hydrogen-bond donors (Lipinski definition) is 3. The highest BCUT2D eigenvalue weighted by Crippen LogP contribution is 2.31. The fraction of sp³-hybridized carbons (Fsp3) is 0.538. The predicted octanol–water partition coefficient (Wildman–Crippen LogP) is 5.38. The molecule has 2 aromatic heterocycles. The van der Waals surface area contributed by atoms with Gasteiger partial charge in [0, 0.05) is 17.1 Å². The molecule has 0 unspecified atom stereocenters. The van der Waals surface area contributed by atoms with Crippen LogP contribution >= 0.6 is 22.9 Å². The zero-order valence-corrected chi connectivity index (χ0v) is 21.7. The lowest BCUT2D eigenvalue weighted by Gasteiger charge is -2.33. The van der Waals surface area contributed by atoms with Crippen molar-refractivity contribution in [3.05, 3.63) is 44.9 Å². The Morgan fingerprint density at radius 2 is 2.03 bits per heavy atom. The van der Waals surface area contributed by atoms with Gasteiger partial charge < -0.3 is 16.0 Å². The number of halogens is 1. The van der Waals surface area contributed by atoms with Crippen LogP contribution < -0.4 is 16.0 Å². The average molecular weight is 514 g/mol. The normalized spacial score (nSPS) is 21.4. The van der Waals surface area contributed by atoms with Gasteiger partial charge >= 0.3 is 0 Å². The third-order valence-corrected chi connectivity index (χ3v) is 8.51. The molecule has 2 saturated carbocycles. The van der Waals surface area contributed by atoms with Crippen molar-refractivity contribution >= 4 is 40.4 Å². The molecule has 0 radical (unpaired) electrons. The van der Waals surface area contributed by atoms with Crippen molar-refractivity contribution in [2.45, 2.75) is 76.9 Å². The maximum Gasteiger partial charge on any atom is 0.262 e. The lowest BCUT2D eigenvalue weighted by atomic mass is 9.81. The number of rotatable bonds is 9. The molecule has 0 bridgehead atoms. The molecule has 0 aromatic carbocycles. The third-order valence-electron chi connectivity index (χ3n) is 7.04. The number of pyridine rings is 1. The van der Waals surface area contributed by atoms with Gasteiger partial charge in [-0.3, -0.25) is 14.6 Å². The monoisotopic (exact) mass is 513 g/mol. The molecule has 2 fully saturated rings. The van der Waals surface area contributed by atoms with Crippen LogP contribution in [0.5, 0.6) is 0 Å². The minimum atomic E-state index is -0.562. The van der Waals surface area contributed by atoms with Gasteiger partial charge in [-0.2, -0.15) is 5.26 Å². The molecule has 0 aliphatic heterocycles. The number of nitrogens with one attached hydrogen (secondary N) is 3. The molecule has 3 N–H and O–H groups in total. The maximum absolute atomic E-state index is 13.1. The molecule has 0 saturated heterocycles. The zero-order chi connectivity index (χ0) is 24.9. The summed E-state index contributed by atoms with van der Waals surface area (Å²) < 4.78 is 0. The molecular weight excluding hydrogens is 482 g/mol. The van der Waals surface area contributed by atoms with E-state index in [0.29, 0.717) is 35.1 Å². The molecule has 2 aliphatic rings. The largest absolute Gasteiger partial charge is 0.376 e. The molecule has 2 heterocycles. The standard InChI is InChI=1S/C26H32ClN5O2S/c1-15-21(12-19(27)14-29-15)30-16(2)23-7-8-24(35-23)26(34)32-22(11-17-5-3-4-6-17)25(33)31-20-9-18(10-20)13-28/h7-8,12,14,16-18,20,22,30H,3-6,9-11H2,1-2H3,(H,31,33)(H,32,34)/t16-,18-,20+,22-/m0/s1. The SMILES string of the molecule is Cc1ncc(Cl)cc1N[C@@H](C)c1ccc(C(=O)N[C@@H](CC2CCCC2)C(=O)N[C@H]2C[C@@H](C#N)C2)s1. The van der Waals surface area contributed by atoms with Crippen molar-refractivity contribution in [2.24, 2.45) is 11.8 Å². The number of nitriles is 1. The fourth-order valence-electron chi connectivity index (χ4n) is 4.85. The first-order valence-corrected chi connectivity index (χ1v) is 13.5. The summed E-state index contributed by atoms with van der Waals surface area (Å²) in [4.78, 5) is 32.0. The van der Waals surface area contributed by atoms with Crippen LogP contribution in [0.2, 0.25) is 5.02 Å². The van der Waals surface area contributed by atoms with Crippen molar-refractivity contribution in [3.63, 3.8) is 0 Å². The van der Waals surface area contributed by atoms with E-state index >= 15 is 0 Å². The molecule has 4 rings (SSSR count). The lowest BCUT2D eigenvalue weighted by molar-refractivity contribution is -0.124. The Kier molecular flexibility index (Phi) is 8.30. The van der Waals surface area contributed by atoms with Crippen LogP contribution in [0.4, 0.5) is 5.69 Å². The number of carbonyl (C=O) groups excluding carboxylic acids is 2. The number of aromatic nitrogens is 1. The summed E-state index contributed by atoms with van der Waals surface area (Å²) in [5.74, 6) is 0.116. The topological polar surface area (TPSA) is 107 Å². The number of amides is 2. The van der Waals surface area contributed by atoms with Crippen LogP contribution in [0.1, 0.15) is 78.2 Å². The number of aryl methyl sites for hydroxylation is 1. The van der Waals surface area contributed by atoms with Crippen LogP contribution in [0, 0.1) is 30.1 Å². The minimum absolute atomic E-state index is 0.0230. The van der Waals surface area contributed by atoms with Gasteiger partial charge in [0.1, 0.15) is 6.04 Å². The Bertz CT molecular complexity index is 1100. The summed E-state index contributed by atoms with van der Waals surface area (Å²) in [5.41, 5.74) is 1.71. The Hall–Kier alpha value is -2.63. The van der Waals surface area contributed by atoms with Gasteiger partial charge in [-0.15, -0.1) is 11.3 Å². The Morgan fingerprint density at radius 3 is 2.74 bits per heavy atom. The smallest absolute Gasteiger partial charge is 0.262 e. The summed E-state index contributed by atoms with van der Waals surface area (Å²) in [6.07, 6.45) is 8.21. The van der Waals surface area contributed by atoms with E-state index in [1.165, 1.54) is 24.2 Å². The molecular formula is C26H32ClN5O2S. The zero-order valence-electron chi connectivity index (χ0n) is 20.1. The van der Waals surface area contributed by atoms with Gasteiger partial charge in [-0.25, -0.2) is 0 Å². The molecule has 2 amide bonds. The minimum Gasteiger partial charge on any atom is -0.376 e. The third kappa shape index (κ3) is 6.53. The number of hydrogen-bond acceptors (Lipinski definition) is 6. The predicted molar refractivity (Wildman–Crippen MR) is 138 cm³/mol. The summed E-state index contributed by atoms with van der Waals surface area (Å²) in [5, 5.41) is 19.0. The van der Waals surface area contributed by atoms with Crippen LogP contribution in [-0.4, -0.2) is 28.9 Å². The van der Waals surface area contributed by atoms with Crippen molar-refractivity contribution in [1.82, 2.24) is 15.6 Å². The first kappa shape index (κ1) is 25.5. The lowest BCUT2D eigenvalue weighted by Crippen LogP contribution is -2.53. The average Bonchev–Trinajstić information content (AvgIpc) is 3.50. The van der Waals surface area contributed by atoms with Crippen LogP contribution in [0.3, 0.4) is 0 Å². The first-order chi connectivity index (χ1) is 16.8. The highest BCUT2D eigenvalue weighted by Gasteiger charge is 2.34. The Labute approximate surface area is 215 Å². The van der Waals surface area contributed by atoms with E-state index in [4.69, 9.17) is 16.9 Å². The quantitative estimate of drug-likeness (QED) is 0.417. The fourth-order valence-corrected chi connectivity index (χ4v) is 5.92. The van der Waals surface area contributed by atoms with E-state index in [-0.39, 0.29) is 29.8 Å². The van der Waals surface area contributed by atoms with Gasteiger partial charge in [0.05, 0.1) is 39.3 Å². The Balaban J connectivity index is 1.39. The van der Waals surface area contributed by atoms with Gasteiger partial charge in [-0.1, -0.05) is 37.3 Å². The molecule has 186 valence electrons. The second kappa shape index (κ2) is 11.4. The van der Waals surface area contributed by atoms with E-state index in [1.54, 1.807) is 6.20 Å².